The van der Waals surface area contributed by atoms with Crippen molar-refractivity contribution in [2.24, 2.45) is 0 Å². The van der Waals surface area contributed by atoms with Gasteiger partial charge in [0.05, 0.1) is 0 Å². The third-order valence-electron chi connectivity index (χ3n) is 6.71. The number of carbonyl (C=O) groups is 2. The minimum atomic E-state index is -0.572. The van der Waals surface area contributed by atoms with Crippen molar-refractivity contribution in [1.82, 2.24) is 0 Å². The molecule has 4 rings (SSSR count). The lowest BCUT2D eigenvalue weighted by Crippen LogP contribution is -2.32. The Morgan fingerprint density at radius 1 is 0.610 bits per heavy atom. The van der Waals surface area contributed by atoms with Crippen molar-refractivity contribution >= 4 is 23.2 Å². The predicted molar refractivity (Wildman–Crippen MR) is 165 cm³/mol. The van der Waals surface area contributed by atoms with Gasteiger partial charge in [-0.25, -0.2) is 0 Å². The van der Waals surface area contributed by atoms with Crippen molar-refractivity contribution in [3.63, 3.8) is 0 Å². The van der Waals surface area contributed by atoms with Crippen molar-refractivity contribution in [2.75, 3.05) is 10.6 Å². The Morgan fingerprint density at radius 3 is 1.34 bits per heavy atom. The number of nitrogens with one attached hydrogen (secondary N) is 2. The molecular formula is C35H38N2O4. The SMILES string of the molecule is CCC(Oc1cccc(C)c1)C(=O)Nc1ccc(Cc2ccc(NC(=O)C(CC)Oc3cccc(C)c3)cc2)cc1. The van der Waals surface area contributed by atoms with Crippen LogP contribution >= 0.6 is 0 Å². The normalized spacial score (nSPS) is 12.2. The summed E-state index contributed by atoms with van der Waals surface area (Å²) in [4.78, 5) is 25.6. The number of rotatable bonds is 12. The summed E-state index contributed by atoms with van der Waals surface area (Å²) in [7, 11) is 0. The number of anilines is 2. The van der Waals surface area contributed by atoms with Gasteiger partial charge in [-0.2, -0.15) is 0 Å². The molecule has 6 heteroatoms. The molecule has 0 saturated heterocycles. The third kappa shape index (κ3) is 8.70. The molecule has 4 aromatic rings. The predicted octanol–water partition coefficient (Wildman–Crippen LogP) is 7.49. The lowest BCUT2D eigenvalue weighted by molar-refractivity contribution is -0.123. The Bertz CT molecular complexity index is 1340. The second-order valence-electron chi connectivity index (χ2n) is 10.2. The molecule has 6 nitrogen and oxygen atoms in total. The van der Waals surface area contributed by atoms with E-state index in [1.54, 1.807) is 0 Å². The highest BCUT2D eigenvalue weighted by molar-refractivity contribution is 5.95. The lowest BCUT2D eigenvalue weighted by atomic mass is 10.0. The average molecular weight is 551 g/mol. The average Bonchev–Trinajstić information content (AvgIpc) is 2.96. The molecule has 2 N–H and O–H groups in total. The molecule has 0 aromatic heterocycles. The van der Waals surface area contributed by atoms with Gasteiger partial charge >= 0.3 is 0 Å². The zero-order valence-electron chi connectivity index (χ0n) is 24.1. The number of hydrogen-bond acceptors (Lipinski definition) is 4. The van der Waals surface area contributed by atoms with Gasteiger partial charge in [0.2, 0.25) is 0 Å². The number of ether oxygens (including phenoxy) is 2. The van der Waals surface area contributed by atoms with Crippen molar-refractivity contribution < 1.29 is 19.1 Å². The molecule has 0 saturated carbocycles. The molecule has 0 bridgehead atoms. The number of benzene rings is 4. The fraction of sp³-hybridized carbons (Fsp3) is 0.257. The summed E-state index contributed by atoms with van der Waals surface area (Å²) < 4.78 is 11.8. The summed E-state index contributed by atoms with van der Waals surface area (Å²) in [6.45, 7) is 7.85. The van der Waals surface area contributed by atoms with Crippen LogP contribution in [0.1, 0.15) is 48.9 Å². The summed E-state index contributed by atoms with van der Waals surface area (Å²) in [6, 6.07) is 31.0. The molecule has 4 aromatic carbocycles. The van der Waals surface area contributed by atoms with Gasteiger partial charge in [-0.05, 0) is 104 Å². The molecule has 2 amide bonds. The minimum absolute atomic E-state index is 0.172. The second kappa shape index (κ2) is 14.2. The quantitative estimate of drug-likeness (QED) is 0.192. The van der Waals surface area contributed by atoms with Crippen LogP contribution in [0.15, 0.2) is 97.1 Å². The molecule has 212 valence electrons. The van der Waals surface area contributed by atoms with Crippen molar-refractivity contribution in [2.45, 2.75) is 59.2 Å². The first-order valence-corrected chi connectivity index (χ1v) is 14.1. The Morgan fingerprint density at radius 2 is 1.00 bits per heavy atom. The summed E-state index contributed by atoms with van der Waals surface area (Å²) in [6.07, 6.45) is 0.708. The Hall–Kier alpha value is -4.58. The van der Waals surface area contributed by atoms with Crippen LogP contribution in [0.3, 0.4) is 0 Å². The molecule has 0 aliphatic heterocycles. The lowest BCUT2D eigenvalue weighted by Gasteiger charge is -2.18. The topological polar surface area (TPSA) is 76.7 Å². The Kier molecular flexibility index (Phi) is 10.2. The van der Waals surface area contributed by atoms with E-state index in [1.165, 1.54) is 0 Å². The summed E-state index contributed by atoms with van der Waals surface area (Å²) in [5, 5.41) is 5.92. The van der Waals surface area contributed by atoms with E-state index in [4.69, 9.17) is 9.47 Å². The van der Waals surface area contributed by atoms with Gasteiger partial charge in [0.15, 0.2) is 12.2 Å². The van der Waals surface area contributed by atoms with Crippen LogP contribution in [0.2, 0.25) is 0 Å². The fourth-order valence-electron chi connectivity index (χ4n) is 4.44. The molecule has 0 fully saturated rings. The van der Waals surface area contributed by atoms with E-state index in [2.05, 4.69) is 10.6 Å². The molecule has 0 spiro atoms. The Labute approximate surface area is 242 Å². The number of carbonyl (C=O) groups excluding carboxylic acids is 2. The maximum Gasteiger partial charge on any atom is 0.265 e. The van der Waals surface area contributed by atoms with Gasteiger partial charge in [0.1, 0.15) is 11.5 Å². The van der Waals surface area contributed by atoms with Crippen LogP contribution in [0, 0.1) is 13.8 Å². The van der Waals surface area contributed by atoms with E-state index in [-0.39, 0.29) is 11.8 Å². The van der Waals surface area contributed by atoms with E-state index in [0.717, 1.165) is 40.0 Å². The van der Waals surface area contributed by atoms with Gasteiger partial charge in [0.25, 0.3) is 11.8 Å². The zero-order chi connectivity index (χ0) is 29.2. The molecule has 0 aliphatic carbocycles. The highest BCUT2D eigenvalue weighted by Gasteiger charge is 2.20. The van der Waals surface area contributed by atoms with Crippen LogP contribution in [-0.4, -0.2) is 24.0 Å². The van der Waals surface area contributed by atoms with Crippen molar-refractivity contribution in [1.29, 1.82) is 0 Å². The fourth-order valence-corrected chi connectivity index (χ4v) is 4.44. The highest BCUT2D eigenvalue weighted by atomic mass is 16.5. The second-order valence-corrected chi connectivity index (χ2v) is 10.2. The molecule has 0 aliphatic rings. The van der Waals surface area contributed by atoms with Gasteiger partial charge in [-0.15, -0.1) is 0 Å². The van der Waals surface area contributed by atoms with Crippen molar-refractivity contribution in [3.05, 3.63) is 119 Å². The van der Waals surface area contributed by atoms with Gasteiger partial charge in [-0.1, -0.05) is 62.4 Å². The summed E-state index contributed by atoms with van der Waals surface area (Å²) in [5.74, 6) is 1.03. The van der Waals surface area contributed by atoms with Crippen LogP contribution in [-0.2, 0) is 16.0 Å². The molecule has 2 unspecified atom stereocenters. The first kappa shape index (κ1) is 29.4. The molecule has 2 atom stereocenters. The maximum absolute atomic E-state index is 12.8. The number of aryl methyl sites for hydroxylation is 2. The standard InChI is InChI=1S/C35H38N2O4/c1-5-32(40-30-11-7-9-24(3)21-30)34(38)36-28-17-13-26(14-18-28)23-27-15-19-29(20-16-27)37-35(39)33(6-2)41-31-12-8-10-25(4)22-31/h7-22,32-33H,5-6,23H2,1-4H3,(H,36,38)(H,37,39). The third-order valence-corrected chi connectivity index (χ3v) is 6.71. The molecule has 0 heterocycles. The van der Waals surface area contributed by atoms with E-state index >= 15 is 0 Å². The van der Waals surface area contributed by atoms with E-state index in [9.17, 15) is 9.59 Å². The molecule has 0 radical (unpaired) electrons. The molecule has 41 heavy (non-hydrogen) atoms. The molecular weight excluding hydrogens is 512 g/mol. The first-order chi connectivity index (χ1) is 19.8. The smallest absolute Gasteiger partial charge is 0.265 e. The Balaban J connectivity index is 1.29. The highest BCUT2D eigenvalue weighted by Crippen LogP contribution is 2.20. The maximum atomic E-state index is 12.8. The van der Waals surface area contributed by atoms with Gasteiger partial charge in [-0.3, -0.25) is 9.59 Å². The summed E-state index contributed by atoms with van der Waals surface area (Å²) in [5.41, 5.74) is 5.84. The minimum Gasteiger partial charge on any atom is -0.481 e. The number of hydrogen-bond donors (Lipinski definition) is 2. The zero-order valence-corrected chi connectivity index (χ0v) is 24.1. The van der Waals surface area contributed by atoms with Crippen LogP contribution < -0.4 is 20.1 Å². The number of amides is 2. The van der Waals surface area contributed by atoms with E-state index < -0.39 is 12.2 Å². The van der Waals surface area contributed by atoms with Gasteiger partial charge < -0.3 is 20.1 Å². The monoisotopic (exact) mass is 550 g/mol. The summed E-state index contributed by atoms with van der Waals surface area (Å²) >= 11 is 0. The largest absolute Gasteiger partial charge is 0.481 e. The van der Waals surface area contributed by atoms with E-state index in [0.29, 0.717) is 24.3 Å². The van der Waals surface area contributed by atoms with E-state index in [1.807, 2.05) is 125 Å². The van der Waals surface area contributed by atoms with Crippen LogP contribution in [0.25, 0.3) is 0 Å². The van der Waals surface area contributed by atoms with Gasteiger partial charge in [0, 0.05) is 11.4 Å². The first-order valence-electron chi connectivity index (χ1n) is 14.1. The van der Waals surface area contributed by atoms with Crippen LogP contribution in [0.5, 0.6) is 11.5 Å². The van der Waals surface area contributed by atoms with Crippen molar-refractivity contribution in [3.8, 4) is 11.5 Å². The van der Waals surface area contributed by atoms with Crippen LogP contribution in [0.4, 0.5) is 11.4 Å².